The molecule has 9 heteroatoms. The predicted octanol–water partition coefficient (Wildman–Crippen LogP) is 2.03. The Morgan fingerprint density at radius 1 is 1.00 bits per heavy atom. The zero-order valence-corrected chi connectivity index (χ0v) is 17.7. The lowest BCUT2D eigenvalue weighted by molar-refractivity contribution is 0.0697. The van der Waals surface area contributed by atoms with Crippen molar-refractivity contribution < 1.29 is 13.2 Å². The van der Waals surface area contributed by atoms with Gasteiger partial charge in [-0.15, -0.1) is 0 Å². The number of amides is 1. The van der Waals surface area contributed by atoms with E-state index in [4.69, 9.17) is 0 Å². The van der Waals surface area contributed by atoms with Crippen molar-refractivity contribution >= 4 is 15.9 Å². The Bertz CT molecular complexity index is 1150. The average Bonchev–Trinajstić information content (AvgIpc) is 3.30. The van der Waals surface area contributed by atoms with Crippen LogP contribution in [0.5, 0.6) is 0 Å². The van der Waals surface area contributed by atoms with Crippen molar-refractivity contribution in [2.75, 3.05) is 26.2 Å². The monoisotopic (exact) mass is 425 g/mol. The first-order chi connectivity index (χ1) is 14.4. The van der Waals surface area contributed by atoms with Gasteiger partial charge in [-0.2, -0.15) is 4.31 Å². The molecule has 156 valence electrons. The van der Waals surface area contributed by atoms with Crippen LogP contribution in [-0.4, -0.2) is 64.2 Å². The van der Waals surface area contributed by atoms with Gasteiger partial charge in [0.05, 0.1) is 10.5 Å². The number of sulfonamides is 1. The molecule has 8 nitrogen and oxygen atoms in total. The van der Waals surface area contributed by atoms with Crippen LogP contribution >= 0.6 is 0 Å². The van der Waals surface area contributed by atoms with Gasteiger partial charge in [-0.05, 0) is 49.2 Å². The number of piperazine rings is 1. The molecular weight excluding hydrogens is 402 g/mol. The number of aromatic nitrogens is 3. The van der Waals surface area contributed by atoms with Crippen LogP contribution in [0.25, 0.3) is 5.82 Å². The van der Waals surface area contributed by atoms with E-state index < -0.39 is 10.0 Å². The van der Waals surface area contributed by atoms with Gasteiger partial charge in [-0.25, -0.2) is 18.4 Å². The summed E-state index contributed by atoms with van der Waals surface area (Å²) >= 11 is 0. The number of aryl methyl sites for hydroxylation is 2. The number of nitrogens with zero attached hydrogens (tertiary/aromatic N) is 5. The minimum Gasteiger partial charge on any atom is -0.336 e. The molecule has 3 heterocycles. The first kappa shape index (κ1) is 20.2. The Hall–Kier alpha value is -3.04. The molecule has 1 fully saturated rings. The van der Waals surface area contributed by atoms with Gasteiger partial charge in [0.25, 0.3) is 5.91 Å². The summed E-state index contributed by atoms with van der Waals surface area (Å²) in [5, 5.41) is 0. The summed E-state index contributed by atoms with van der Waals surface area (Å²) in [6.07, 6.45) is 6.61. The molecule has 0 N–H and O–H groups in total. The molecule has 2 aromatic heterocycles. The number of pyridine rings is 1. The van der Waals surface area contributed by atoms with Gasteiger partial charge in [0.15, 0.2) is 0 Å². The smallest absolute Gasteiger partial charge is 0.255 e. The lowest BCUT2D eigenvalue weighted by atomic mass is 10.1. The molecule has 1 saturated heterocycles. The molecule has 0 bridgehead atoms. The van der Waals surface area contributed by atoms with Gasteiger partial charge in [-0.3, -0.25) is 9.36 Å². The second-order valence-electron chi connectivity index (χ2n) is 7.32. The van der Waals surface area contributed by atoms with Gasteiger partial charge in [0.2, 0.25) is 10.0 Å². The van der Waals surface area contributed by atoms with Crippen LogP contribution in [0.1, 0.15) is 21.5 Å². The maximum atomic E-state index is 13.0. The highest BCUT2D eigenvalue weighted by atomic mass is 32.2. The number of carbonyl (C=O) groups is 1. The van der Waals surface area contributed by atoms with Crippen molar-refractivity contribution in [3.05, 3.63) is 71.9 Å². The van der Waals surface area contributed by atoms with Gasteiger partial charge in [0, 0.05) is 44.8 Å². The highest BCUT2D eigenvalue weighted by molar-refractivity contribution is 7.89. The van der Waals surface area contributed by atoms with E-state index in [1.165, 1.54) is 10.5 Å². The Balaban J connectivity index is 1.42. The third-order valence-corrected chi connectivity index (χ3v) is 7.30. The third-order valence-electron chi connectivity index (χ3n) is 5.41. The molecule has 0 atom stereocenters. The lowest BCUT2D eigenvalue weighted by Gasteiger charge is -2.34. The van der Waals surface area contributed by atoms with Gasteiger partial charge in [0.1, 0.15) is 12.1 Å². The quantitative estimate of drug-likeness (QED) is 0.638. The van der Waals surface area contributed by atoms with E-state index in [0.717, 1.165) is 11.1 Å². The number of benzene rings is 1. The van der Waals surface area contributed by atoms with E-state index in [9.17, 15) is 13.2 Å². The summed E-state index contributed by atoms with van der Waals surface area (Å²) in [5.74, 6) is 0.524. The summed E-state index contributed by atoms with van der Waals surface area (Å²) in [4.78, 5) is 23.1. The Morgan fingerprint density at radius 2 is 1.77 bits per heavy atom. The number of hydrogen-bond donors (Lipinski definition) is 0. The second-order valence-corrected chi connectivity index (χ2v) is 9.26. The van der Waals surface area contributed by atoms with Crippen LogP contribution in [0.2, 0.25) is 0 Å². The van der Waals surface area contributed by atoms with E-state index in [2.05, 4.69) is 9.97 Å². The molecule has 0 radical (unpaired) electrons. The van der Waals surface area contributed by atoms with Crippen LogP contribution in [0.4, 0.5) is 0 Å². The second kappa shape index (κ2) is 8.00. The van der Waals surface area contributed by atoms with Crippen molar-refractivity contribution in [2.24, 2.45) is 0 Å². The van der Waals surface area contributed by atoms with Crippen molar-refractivity contribution in [3.8, 4) is 5.82 Å². The van der Waals surface area contributed by atoms with E-state index in [-0.39, 0.29) is 19.0 Å². The van der Waals surface area contributed by atoms with Gasteiger partial charge in [-0.1, -0.05) is 6.07 Å². The van der Waals surface area contributed by atoms with Crippen molar-refractivity contribution in [1.29, 1.82) is 0 Å². The van der Waals surface area contributed by atoms with Crippen LogP contribution < -0.4 is 0 Å². The first-order valence-electron chi connectivity index (χ1n) is 9.67. The lowest BCUT2D eigenvalue weighted by Crippen LogP contribution is -2.50. The zero-order valence-electron chi connectivity index (χ0n) is 16.9. The zero-order chi connectivity index (χ0) is 21.3. The minimum absolute atomic E-state index is 0.150. The molecule has 4 rings (SSSR count). The van der Waals surface area contributed by atoms with E-state index in [0.29, 0.717) is 29.4 Å². The van der Waals surface area contributed by atoms with Crippen LogP contribution in [0.3, 0.4) is 0 Å². The van der Waals surface area contributed by atoms with E-state index in [1.54, 1.807) is 52.5 Å². The highest BCUT2D eigenvalue weighted by Gasteiger charge is 2.30. The number of carbonyl (C=O) groups excluding carboxylic acids is 1. The Labute approximate surface area is 175 Å². The fraction of sp³-hybridized carbons (Fsp3) is 0.286. The summed E-state index contributed by atoms with van der Waals surface area (Å²) in [6.45, 7) is 5.06. The molecule has 1 aliphatic rings. The minimum atomic E-state index is -3.57. The SMILES string of the molecule is Cc1ccc(S(=O)(=O)N2CCN(C(=O)c3ccc(-n4ccnc4)nc3)CC2)cc1C. The molecule has 1 aliphatic heterocycles. The van der Waals surface area contributed by atoms with Gasteiger partial charge < -0.3 is 4.90 Å². The Morgan fingerprint density at radius 3 is 2.37 bits per heavy atom. The summed E-state index contributed by atoms with van der Waals surface area (Å²) in [6, 6.07) is 8.65. The van der Waals surface area contributed by atoms with Crippen LogP contribution in [0.15, 0.2) is 60.1 Å². The molecular formula is C21H23N5O3S. The van der Waals surface area contributed by atoms with Crippen molar-refractivity contribution in [2.45, 2.75) is 18.7 Å². The maximum absolute atomic E-state index is 13.0. The topological polar surface area (TPSA) is 88.4 Å². The standard InChI is InChI=1S/C21H23N5O3S/c1-16-3-5-19(13-17(16)2)30(28,29)26-11-9-24(10-12-26)21(27)18-4-6-20(23-14-18)25-8-7-22-15-25/h3-8,13-15H,9-12H2,1-2H3. The molecule has 0 spiro atoms. The summed E-state index contributed by atoms with van der Waals surface area (Å²) in [7, 11) is -3.57. The number of imidazole rings is 1. The van der Waals surface area contributed by atoms with Gasteiger partial charge >= 0.3 is 0 Å². The molecule has 30 heavy (non-hydrogen) atoms. The number of rotatable bonds is 4. The predicted molar refractivity (Wildman–Crippen MR) is 112 cm³/mol. The Kier molecular flexibility index (Phi) is 5.40. The number of hydrogen-bond acceptors (Lipinski definition) is 5. The fourth-order valence-corrected chi connectivity index (χ4v) is 4.91. The summed E-state index contributed by atoms with van der Waals surface area (Å²) in [5.41, 5.74) is 2.47. The molecule has 3 aromatic rings. The normalized spacial score (nSPS) is 15.3. The highest BCUT2D eigenvalue weighted by Crippen LogP contribution is 2.21. The fourth-order valence-electron chi connectivity index (χ4n) is 3.40. The van der Waals surface area contributed by atoms with E-state index >= 15 is 0 Å². The molecule has 1 aromatic carbocycles. The molecule has 0 unspecified atom stereocenters. The largest absolute Gasteiger partial charge is 0.336 e. The molecule has 0 aliphatic carbocycles. The first-order valence-corrected chi connectivity index (χ1v) is 11.1. The molecule has 1 amide bonds. The van der Waals surface area contributed by atoms with E-state index in [1.807, 2.05) is 19.9 Å². The van der Waals surface area contributed by atoms with Crippen LogP contribution in [-0.2, 0) is 10.0 Å². The third kappa shape index (κ3) is 3.86. The van der Waals surface area contributed by atoms with Crippen molar-refractivity contribution in [1.82, 2.24) is 23.7 Å². The average molecular weight is 426 g/mol. The molecule has 0 saturated carbocycles. The van der Waals surface area contributed by atoms with Crippen molar-refractivity contribution in [3.63, 3.8) is 0 Å². The summed E-state index contributed by atoms with van der Waals surface area (Å²) < 4.78 is 29.1. The van der Waals surface area contributed by atoms with Crippen LogP contribution in [0, 0.1) is 13.8 Å². The maximum Gasteiger partial charge on any atom is 0.255 e.